The van der Waals surface area contributed by atoms with Gasteiger partial charge < -0.3 is 23.9 Å². The number of rotatable bonds is 15. The predicted octanol–water partition coefficient (Wildman–Crippen LogP) is 7.81. The maximum Gasteiger partial charge on any atom is 0.209 e. The molecule has 0 aliphatic carbocycles. The smallest absolute Gasteiger partial charge is 0.209 e. The second-order valence-corrected chi connectivity index (χ2v) is 13.3. The second-order valence-electron chi connectivity index (χ2n) is 11.5. The van der Waals surface area contributed by atoms with Crippen molar-refractivity contribution in [2.75, 3.05) is 26.8 Å². The summed E-state index contributed by atoms with van der Waals surface area (Å²) in [6, 6.07) is 26.7. The number of nitrogens with one attached hydrogen (secondary N) is 1. The summed E-state index contributed by atoms with van der Waals surface area (Å²) in [7, 11) is -2.03. The third-order valence-corrected chi connectivity index (χ3v) is 9.66. The number of fused-ring (bicyclic) bond motifs is 1. The second kappa shape index (κ2) is 16.0. The van der Waals surface area contributed by atoms with Crippen LogP contribution in [0.3, 0.4) is 0 Å². The minimum Gasteiger partial charge on any atom is -0.494 e. The standard InChI is InChI=1S/C37H42N2O5S.ClH/c1-27(2)33-25-39-21-9-8-13-34(39)37(33)45(40,41)32-16-14-31(15-17-32)43-22-10-19-38-20-18-30-23-28(3)36(42-4)35(24-30)44-26-29-11-6-5-7-12-29;/h5-9,11-17,21,23-25,27,38H,10,18-20,22,26H2,1-4H3;1H. The van der Waals surface area contributed by atoms with Crippen molar-refractivity contribution >= 4 is 27.8 Å². The first-order valence-electron chi connectivity index (χ1n) is 15.4. The normalized spacial score (nSPS) is 11.4. The SMILES string of the molecule is COc1c(C)cc(CCNCCCOc2ccc(S(=O)(=O)c3c(C(C)C)cn4ccccc34)cc2)cc1OCc1ccccc1.Cl. The molecule has 3 aromatic carbocycles. The van der Waals surface area contributed by atoms with E-state index in [9.17, 15) is 8.42 Å². The number of benzene rings is 3. The average molecular weight is 663 g/mol. The van der Waals surface area contributed by atoms with Crippen LogP contribution in [0.15, 0.2) is 107 Å². The lowest BCUT2D eigenvalue weighted by Gasteiger charge is -2.15. The van der Waals surface area contributed by atoms with E-state index in [0.717, 1.165) is 54.1 Å². The van der Waals surface area contributed by atoms with Gasteiger partial charge in [-0.1, -0.05) is 56.3 Å². The highest BCUT2D eigenvalue weighted by molar-refractivity contribution is 7.91. The molecule has 0 unspecified atom stereocenters. The van der Waals surface area contributed by atoms with Crippen LogP contribution in [0.5, 0.6) is 17.2 Å². The van der Waals surface area contributed by atoms with Crippen LogP contribution in [0.4, 0.5) is 0 Å². The van der Waals surface area contributed by atoms with Gasteiger partial charge >= 0.3 is 0 Å². The zero-order chi connectivity index (χ0) is 31.8. The van der Waals surface area contributed by atoms with Crippen molar-refractivity contribution < 1.29 is 22.6 Å². The number of pyridine rings is 1. The molecule has 0 saturated heterocycles. The molecule has 2 aromatic heterocycles. The van der Waals surface area contributed by atoms with E-state index in [2.05, 4.69) is 17.4 Å². The quantitative estimate of drug-likeness (QED) is 0.115. The molecule has 0 fully saturated rings. The van der Waals surface area contributed by atoms with Gasteiger partial charge in [-0.2, -0.15) is 0 Å². The Morgan fingerprint density at radius 1 is 0.870 bits per heavy atom. The summed E-state index contributed by atoms with van der Waals surface area (Å²) in [6.45, 7) is 8.70. The highest BCUT2D eigenvalue weighted by atomic mass is 35.5. The third kappa shape index (κ3) is 8.23. The molecule has 0 radical (unpaired) electrons. The molecular formula is C37H43ClN2O5S. The highest BCUT2D eigenvalue weighted by Crippen LogP contribution is 2.35. The van der Waals surface area contributed by atoms with Crippen LogP contribution in [-0.2, 0) is 22.9 Å². The molecular weight excluding hydrogens is 620 g/mol. The molecule has 0 spiro atoms. The Hall–Kier alpha value is -3.98. The van der Waals surface area contributed by atoms with Crippen LogP contribution in [0, 0.1) is 6.92 Å². The zero-order valence-corrected chi connectivity index (χ0v) is 28.5. The van der Waals surface area contributed by atoms with Gasteiger partial charge in [-0.3, -0.25) is 0 Å². The van der Waals surface area contributed by atoms with E-state index in [4.69, 9.17) is 14.2 Å². The summed E-state index contributed by atoms with van der Waals surface area (Å²) in [5.41, 5.74) is 4.84. The Labute approximate surface area is 278 Å². The molecule has 1 N–H and O–H groups in total. The molecule has 0 bridgehead atoms. The lowest BCUT2D eigenvalue weighted by Crippen LogP contribution is -2.20. The molecule has 7 nitrogen and oxygen atoms in total. The Morgan fingerprint density at radius 3 is 2.33 bits per heavy atom. The summed E-state index contributed by atoms with van der Waals surface area (Å²) in [5.74, 6) is 2.24. The molecule has 2 heterocycles. The number of sulfone groups is 1. The molecule has 0 amide bonds. The van der Waals surface area contributed by atoms with Gasteiger partial charge in [0.15, 0.2) is 11.5 Å². The van der Waals surface area contributed by atoms with Crippen molar-refractivity contribution in [3.05, 3.63) is 120 Å². The van der Waals surface area contributed by atoms with E-state index < -0.39 is 9.84 Å². The summed E-state index contributed by atoms with van der Waals surface area (Å²) in [5, 5.41) is 3.49. The molecule has 0 aliphatic heterocycles. The minimum absolute atomic E-state index is 0. The number of nitrogens with zero attached hydrogens (tertiary/aromatic N) is 1. The Balaban J connectivity index is 0.00000480. The first kappa shape index (κ1) is 34.9. The highest BCUT2D eigenvalue weighted by Gasteiger charge is 2.27. The fraction of sp³-hybridized carbons (Fsp3) is 0.297. The van der Waals surface area contributed by atoms with E-state index in [1.807, 2.05) is 86.1 Å². The third-order valence-electron chi connectivity index (χ3n) is 7.79. The van der Waals surface area contributed by atoms with Crippen molar-refractivity contribution in [3.63, 3.8) is 0 Å². The lowest BCUT2D eigenvalue weighted by atomic mass is 10.1. The summed E-state index contributed by atoms with van der Waals surface area (Å²) >= 11 is 0. The topological polar surface area (TPSA) is 78.3 Å². The van der Waals surface area contributed by atoms with E-state index >= 15 is 0 Å². The predicted molar refractivity (Wildman–Crippen MR) is 186 cm³/mol. The van der Waals surface area contributed by atoms with Crippen LogP contribution in [-0.4, -0.2) is 39.6 Å². The number of hydrogen-bond donors (Lipinski definition) is 1. The molecule has 0 saturated carbocycles. The van der Waals surface area contributed by atoms with Crippen molar-refractivity contribution in [3.8, 4) is 17.2 Å². The van der Waals surface area contributed by atoms with E-state index in [1.54, 1.807) is 31.4 Å². The maximum absolute atomic E-state index is 13.7. The number of methoxy groups -OCH3 is 1. The lowest BCUT2D eigenvalue weighted by molar-refractivity contribution is 0.283. The average Bonchev–Trinajstić information content (AvgIpc) is 3.45. The van der Waals surface area contributed by atoms with Crippen LogP contribution < -0.4 is 19.5 Å². The number of hydrogen-bond acceptors (Lipinski definition) is 6. The van der Waals surface area contributed by atoms with Gasteiger partial charge in [0.05, 0.1) is 24.1 Å². The number of halogens is 1. The Kier molecular flexibility index (Phi) is 12.2. The number of ether oxygens (including phenoxy) is 3. The molecule has 0 aliphatic rings. The van der Waals surface area contributed by atoms with E-state index in [1.165, 1.54) is 5.56 Å². The van der Waals surface area contributed by atoms with Gasteiger partial charge in [-0.15, -0.1) is 12.4 Å². The van der Waals surface area contributed by atoms with Gasteiger partial charge in [0, 0.05) is 12.4 Å². The van der Waals surface area contributed by atoms with Crippen LogP contribution in [0.1, 0.15) is 48.4 Å². The van der Waals surface area contributed by atoms with Crippen molar-refractivity contribution in [2.45, 2.75) is 55.9 Å². The molecule has 9 heteroatoms. The van der Waals surface area contributed by atoms with Crippen LogP contribution in [0.25, 0.3) is 5.52 Å². The fourth-order valence-electron chi connectivity index (χ4n) is 5.46. The van der Waals surface area contributed by atoms with Crippen molar-refractivity contribution in [1.29, 1.82) is 0 Å². The number of aromatic nitrogens is 1. The van der Waals surface area contributed by atoms with Crippen molar-refractivity contribution in [1.82, 2.24) is 9.72 Å². The molecule has 5 rings (SSSR count). The van der Waals surface area contributed by atoms with Gasteiger partial charge in [-0.25, -0.2) is 8.42 Å². The van der Waals surface area contributed by atoms with Gasteiger partial charge in [0.25, 0.3) is 0 Å². The summed E-state index contributed by atoms with van der Waals surface area (Å²) in [4.78, 5) is 0.635. The first-order chi connectivity index (χ1) is 21.8. The van der Waals surface area contributed by atoms with Gasteiger partial charge in [-0.05, 0) is 103 Å². The van der Waals surface area contributed by atoms with Crippen molar-refractivity contribution in [2.24, 2.45) is 0 Å². The van der Waals surface area contributed by atoms with E-state index in [0.29, 0.717) is 29.4 Å². The fourth-order valence-corrected chi connectivity index (χ4v) is 7.24. The number of aryl methyl sites for hydroxylation is 1. The molecule has 5 aromatic rings. The maximum atomic E-state index is 13.7. The van der Waals surface area contributed by atoms with Gasteiger partial charge in [0.2, 0.25) is 9.84 Å². The molecule has 46 heavy (non-hydrogen) atoms. The van der Waals surface area contributed by atoms with Crippen LogP contribution in [0.2, 0.25) is 0 Å². The first-order valence-corrected chi connectivity index (χ1v) is 16.9. The van der Waals surface area contributed by atoms with E-state index in [-0.39, 0.29) is 23.2 Å². The zero-order valence-electron chi connectivity index (χ0n) is 26.9. The molecule has 0 atom stereocenters. The minimum atomic E-state index is -3.70. The Bertz CT molecular complexity index is 1820. The monoisotopic (exact) mass is 662 g/mol. The molecule has 244 valence electrons. The van der Waals surface area contributed by atoms with Crippen LogP contribution >= 0.6 is 12.4 Å². The largest absolute Gasteiger partial charge is 0.494 e. The summed E-state index contributed by atoms with van der Waals surface area (Å²) < 4.78 is 46.9. The van der Waals surface area contributed by atoms with Gasteiger partial charge in [0.1, 0.15) is 17.3 Å². The Morgan fingerprint density at radius 2 is 1.61 bits per heavy atom. The summed E-state index contributed by atoms with van der Waals surface area (Å²) in [6.07, 6.45) is 5.47.